The largest absolute Gasteiger partial charge is 0.491 e. The summed E-state index contributed by atoms with van der Waals surface area (Å²) in [6.45, 7) is 4.64. The third kappa shape index (κ3) is 2.36. The number of carbonyl (C=O) groups is 1. The van der Waals surface area contributed by atoms with Gasteiger partial charge >= 0.3 is 0 Å². The summed E-state index contributed by atoms with van der Waals surface area (Å²) in [7, 11) is 0. The molecule has 1 saturated heterocycles. The molecule has 1 aromatic rings. The highest BCUT2D eigenvalue weighted by Crippen LogP contribution is 2.35. The van der Waals surface area contributed by atoms with Crippen molar-refractivity contribution in [3.63, 3.8) is 0 Å². The van der Waals surface area contributed by atoms with Crippen molar-refractivity contribution >= 4 is 6.29 Å². The van der Waals surface area contributed by atoms with Crippen LogP contribution in [0.3, 0.4) is 0 Å². The molecule has 0 radical (unpaired) electrons. The normalized spacial score (nSPS) is 22.1. The standard InChI is InChI=1S/C12H14O3/c1-12(2)11(15-12)8-14-10-5-3-9(7-13)4-6-10/h3-7,11H,8H2,1-2H3. The Balaban J connectivity index is 1.86. The van der Waals surface area contributed by atoms with Crippen LogP contribution in [0.1, 0.15) is 24.2 Å². The van der Waals surface area contributed by atoms with Crippen LogP contribution < -0.4 is 4.74 Å². The molecule has 1 aromatic carbocycles. The van der Waals surface area contributed by atoms with E-state index >= 15 is 0 Å². The van der Waals surface area contributed by atoms with Gasteiger partial charge in [-0.3, -0.25) is 4.79 Å². The number of hydrogen-bond donors (Lipinski definition) is 0. The van der Waals surface area contributed by atoms with Crippen molar-refractivity contribution in [2.75, 3.05) is 6.61 Å². The number of carbonyl (C=O) groups excluding carboxylic acids is 1. The van der Waals surface area contributed by atoms with Gasteiger partial charge in [0.1, 0.15) is 24.7 Å². The molecular weight excluding hydrogens is 192 g/mol. The molecule has 0 saturated carbocycles. The van der Waals surface area contributed by atoms with Crippen molar-refractivity contribution in [1.29, 1.82) is 0 Å². The highest BCUT2D eigenvalue weighted by molar-refractivity contribution is 5.74. The summed E-state index contributed by atoms with van der Waals surface area (Å²) >= 11 is 0. The van der Waals surface area contributed by atoms with Crippen molar-refractivity contribution in [2.24, 2.45) is 0 Å². The molecule has 3 nitrogen and oxygen atoms in total. The lowest BCUT2D eigenvalue weighted by Crippen LogP contribution is -2.12. The van der Waals surface area contributed by atoms with Gasteiger partial charge in [-0.25, -0.2) is 0 Å². The molecule has 0 N–H and O–H groups in total. The average Bonchev–Trinajstić information content (AvgIpc) is 2.84. The van der Waals surface area contributed by atoms with Gasteiger partial charge in [-0.15, -0.1) is 0 Å². The lowest BCUT2D eigenvalue weighted by molar-refractivity contribution is 0.112. The monoisotopic (exact) mass is 206 g/mol. The quantitative estimate of drug-likeness (QED) is 0.559. The van der Waals surface area contributed by atoms with Gasteiger partial charge in [0, 0.05) is 5.56 Å². The molecule has 1 atom stereocenters. The minimum atomic E-state index is -0.0390. The maximum absolute atomic E-state index is 10.4. The van der Waals surface area contributed by atoms with E-state index in [1.54, 1.807) is 24.3 Å². The maximum atomic E-state index is 10.4. The molecule has 0 amide bonds. The summed E-state index contributed by atoms with van der Waals surface area (Å²) in [5.41, 5.74) is 0.619. The third-order valence-electron chi connectivity index (χ3n) is 2.58. The van der Waals surface area contributed by atoms with Crippen LogP contribution in [0.25, 0.3) is 0 Å². The van der Waals surface area contributed by atoms with Gasteiger partial charge in [-0.1, -0.05) is 0 Å². The van der Waals surface area contributed by atoms with Crippen LogP contribution in [0.2, 0.25) is 0 Å². The maximum Gasteiger partial charge on any atom is 0.150 e. The van der Waals surface area contributed by atoms with Crippen LogP contribution in [0.4, 0.5) is 0 Å². The van der Waals surface area contributed by atoms with Gasteiger partial charge in [-0.05, 0) is 38.1 Å². The van der Waals surface area contributed by atoms with Crippen LogP contribution in [0.15, 0.2) is 24.3 Å². The molecule has 1 aliphatic rings. The first-order chi connectivity index (χ1) is 7.12. The molecule has 2 rings (SSSR count). The molecule has 0 aromatic heterocycles. The van der Waals surface area contributed by atoms with E-state index in [1.165, 1.54) is 0 Å². The molecule has 3 heteroatoms. The average molecular weight is 206 g/mol. The lowest BCUT2D eigenvalue weighted by atomic mass is 10.1. The number of aldehydes is 1. The van der Waals surface area contributed by atoms with E-state index in [9.17, 15) is 4.79 Å². The predicted molar refractivity (Wildman–Crippen MR) is 56.3 cm³/mol. The third-order valence-corrected chi connectivity index (χ3v) is 2.58. The van der Waals surface area contributed by atoms with Crippen LogP contribution in [-0.4, -0.2) is 24.6 Å². The van der Waals surface area contributed by atoms with E-state index in [1.807, 2.05) is 13.8 Å². The van der Waals surface area contributed by atoms with Gasteiger partial charge in [0.05, 0.1) is 5.60 Å². The first kappa shape index (κ1) is 10.2. The number of benzene rings is 1. The molecule has 0 aliphatic carbocycles. The highest BCUT2D eigenvalue weighted by atomic mass is 16.6. The lowest BCUT2D eigenvalue weighted by Gasteiger charge is -2.04. The second-order valence-electron chi connectivity index (χ2n) is 4.21. The zero-order chi connectivity index (χ0) is 10.9. The molecule has 1 aliphatic heterocycles. The molecule has 1 unspecified atom stereocenters. The first-order valence-corrected chi connectivity index (χ1v) is 4.98. The number of ether oxygens (including phenoxy) is 2. The number of rotatable bonds is 4. The zero-order valence-electron chi connectivity index (χ0n) is 8.90. The van der Waals surface area contributed by atoms with E-state index in [0.29, 0.717) is 12.2 Å². The van der Waals surface area contributed by atoms with Crippen LogP contribution >= 0.6 is 0 Å². The Kier molecular flexibility index (Phi) is 2.49. The minimum Gasteiger partial charge on any atom is -0.491 e. The fraction of sp³-hybridized carbons (Fsp3) is 0.417. The Morgan fingerprint density at radius 3 is 2.47 bits per heavy atom. The molecule has 1 heterocycles. The zero-order valence-corrected chi connectivity index (χ0v) is 8.90. The van der Waals surface area contributed by atoms with Crippen LogP contribution in [0.5, 0.6) is 5.75 Å². The Hall–Kier alpha value is -1.35. The van der Waals surface area contributed by atoms with E-state index in [0.717, 1.165) is 12.0 Å². The van der Waals surface area contributed by atoms with Gasteiger partial charge < -0.3 is 9.47 Å². The van der Waals surface area contributed by atoms with E-state index in [-0.39, 0.29) is 11.7 Å². The van der Waals surface area contributed by atoms with E-state index in [4.69, 9.17) is 9.47 Å². The SMILES string of the molecule is CC1(C)OC1COc1ccc(C=O)cc1. The molecule has 80 valence electrons. The second-order valence-corrected chi connectivity index (χ2v) is 4.21. The molecule has 1 fully saturated rings. The number of epoxide rings is 1. The van der Waals surface area contributed by atoms with Gasteiger partial charge in [0.2, 0.25) is 0 Å². The van der Waals surface area contributed by atoms with Crippen LogP contribution in [0, 0.1) is 0 Å². The summed E-state index contributed by atoms with van der Waals surface area (Å²) in [4.78, 5) is 10.4. The summed E-state index contributed by atoms with van der Waals surface area (Å²) in [5, 5.41) is 0. The predicted octanol–water partition coefficient (Wildman–Crippen LogP) is 2.06. The summed E-state index contributed by atoms with van der Waals surface area (Å²) in [6.07, 6.45) is 1.000. The van der Waals surface area contributed by atoms with Crippen molar-refractivity contribution in [1.82, 2.24) is 0 Å². The van der Waals surface area contributed by atoms with Crippen molar-refractivity contribution in [2.45, 2.75) is 25.6 Å². The van der Waals surface area contributed by atoms with Crippen LogP contribution in [-0.2, 0) is 4.74 Å². The van der Waals surface area contributed by atoms with E-state index in [2.05, 4.69) is 0 Å². The fourth-order valence-corrected chi connectivity index (χ4v) is 1.38. The first-order valence-electron chi connectivity index (χ1n) is 4.98. The molecule has 15 heavy (non-hydrogen) atoms. The molecular formula is C12H14O3. The highest BCUT2D eigenvalue weighted by Gasteiger charge is 2.48. The Morgan fingerprint density at radius 2 is 2.00 bits per heavy atom. The second kappa shape index (κ2) is 3.66. The van der Waals surface area contributed by atoms with Gasteiger partial charge in [0.15, 0.2) is 0 Å². The van der Waals surface area contributed by atoms with Gasteiger partial charge in [-0.2, -0.15) is 0 Å². The smallest absolute Gasteiger partial charge is 0.150 e. The number of hydrogen-bond acceptors (Lipinski definition) is 3. The van der Waals surface area contributed by atoms with Crippen molar-refractivity contribution in [3.05, 3.63) is 29.8 Å². The molecule has 0 bridgehead atoms. The molecule has 0 spiro atoms. The topological polar surface area (TPSA) is 38.8 Å². The summed E-state index contributed by atoms with van der Waals surface area (Å²) in [5.74, 6) is 0.770. The van der Waals surface area contributed by atoms with Crippen molar-refractivity contribution in [3.8, 4) is 5.75 Å². The van der Waals surface area contributed by atoms with Gasteiger partial charge in [0.25, 0.3) is 0 Å². The fourth-order valence-electron chi connectivity index (χ4n) is 1.38. The Bertz CT molecular complexity index is 354. The van der Waals surface area contributed by atoms with E-state index < -0.39 is 0 Å². The Labute approximate surface area is 89.0 Å². The summed E-state index contributed by atoms with van der Waals surface area (Å²) < 4.78 is 10.9. The van der Waals surface area contributed by atoms with Crippen molar-refractivity contribution < 1.29 is 14.3 Å². The minimum absolute atomic E-state index is 0.0390. The Morgan fingerprint density at radius 1 is 1.40 bits per heavy atom. The summed E-state index contributed by atoms with van der Waals surface area (Å²) in [6, 6.07) is 7.06.